The van der Waals surface area contributed by atoms with Gasteiger partial charge in [-0.3, -0.25) is 33.5 Å². The highest BCUT2D eigenvalue weighted by atomic mass is 16.7. The molecule has 0 radical (unpaired) electrons. The predicted octanol–water partition coefficient (Wildman–Crippen LogP) is 1.09. The number of aromatic nitrogens is 2. The van der Waals surface area contributed by atoms with Gasteiger partial charge in [0.25, 0.3) is 5.56 Å². The van der Waals surface area contributed by atoms with E-state index in [0.29, 0.717) is 24.8 Å². The fourth-order valence-corrected chi connectivity index (χ4v) is 4.24. The number of aryl methyl sites for hydroxylation is 1. The lowest BCUT2D eigenvalue weighted by atomic mass is 9.94. The van der Waals surface area contributed by atoms with Crippen LogP contribution in [0.5, 0.6) is 0 Å². The average Bonchev–Trinajstić information content (AvgIpc) is 3.29. The Bertz CT molecular complexity index is 1160. The molecule has 2 rings (SSSR count). The molecule has 1 aliphatic heterocycles. The summed E-state index contributed by atoms with van der Waals surface area (Å²) in [7, 11) is 1.41. The summed E-state index contributed by atoms with van der Waals surface area (Å²) in [4.78, 5) is 74.6. The third-order valence-electron chi connectivity index (χ3n) is 6.70. The Morgan fingerprint density at radius 3 is 2.59 bits per heavy atom. The summed E-state index contributed by atoms with van der Waals surface area (Å²) in [6.07, 6.45) is 0.775. The van der Waals surface area contributed by atoms with Gasteiger partial charge in [0.05, 0.1) is 31.0 Å². The van der Waals surface area contributed by atoms with Crippen molar-refractivity contribution in [2.24, 2.45) is 11.8 Å². The van der Waals surface area contributed by atoms with Gasteiger partial charge in [-0.05, 0) is 33.1 Å². The predicted molar refractivity (Wildman–Crippen MR) is 143 cm³/mol. The van der Waals surface area contributed by atoms with Crippen LogP contribution in [0.1, 0.15) is 71.1 Å². The van der Waals surface area contributed by atoms with Gasteiger partial charge in [-0.1, -0.05) is 13.8 Å². The van der Waals surface area contributed by atoms with Gasteiger partial charge in [0.15, 0.2) is 6.79 Å². The molecule has 230 valence electrons. The van der Waals surface area contributed by atoms with Gasteiger partial charge < -0.3 is 29.0 Å². The van der Waals surface area contributed by atoms with E-state index in [-0.39, 0.29) is 45.1 Å². The quantitative estimate of drug-likeness (QED) is 0.123. The number of carbonyl (C=O) groups excluding carboxylic acids is 4. The summed E-state index contributed by atoms with van der Waals surface area (Å²) in [5.41, 5.74) is -0.742. The van der Waals surface area contributed by atoms with Crippen molar-refractivity contribution in [1.29, 1.82) is 0 Å². The molecular formula is C27H41N3O11. The zero-order chi connectivity index (χ0) is 30.5. The van der Waals surface area contributed by atoms with Crippen molar-refractivity contribution in [2.75, 3.05) is 27.1 Å². The standard InChI is InChI=1S/C27H41N3O11/c1-6-19(12-16(2)25(34)39-15-37-5)26(35)38-11-7-10-28-21(31)8-9-23(32)41-20-13-22(40-18(20)4)30-14-17(3)24(33)29-27(30)36/h14,16,18-20,22H,6-13,15H2,1-5H3,(H,28,31)(H,29,33,36). The van der Waals surface area contributed by atoms with E-state index < -0.39 is 59.4 Å². The van der Waals surface area contributed by atoms with E-state index in [2.05, 4.69) is 10.3 Å². The van der Waals surface area contributed by atoms with Crippen LogP contribution >= 0.6 is 0 Å². The number of nitrogens with zero attached hydrogens (tertiary/aromatic N) is 1. The van der Waals surface area contributed by atoms with Gasteiger partial charge in [-0.25, -0.2) is 4.79 Å². The van der Waals surface area contributed by atoms with Crippen LogP contribution < -0.4 is 16.6 Å². The van der Waals surface area contributed by atoms with E-state index in [1.165, 1.54) is 17.9 Å². The molecule has 0 aromatic carbocycles. The minimum absolute atomic E-state index is 0.0858. The van der Waals surface area contributed by atoms with Crippen LogP contribution in [0.15, 0.2) is 15.8 Å². The fourth-order valence-electron chi connectivity index (χ4n) is 4.24. The Balaban J connectivity index is 1.64. The molecule has 1 amide bonds. The molecule has 1 fully saturated rings. The maximum absolute atomic E-state index is 12.4. The van der Waals surface area contributed by atoms with E-state index in [1.54, 1.807) is 20.8 Å². The number of nitrogens with one attached hydrogen (secondary N) is 2. The first kappa shape index (κ1) is 33.7. The van der Waals surface area contributed by atoms with Crippen molar-refractivity contribution in [3.05, 3.63) is 32.6 Å². The van der Waals surface area contributed by atoms with E-state index in [0.717, 1.165) is 0 Å². The number of rotatable bonds is 16. The number of carbonyl (C=O) groups is 4. The monoisotopic (exact) mass is 583 g/mol. The molecule has 1 aromatic heterocycles. The molecular weight excluding hydrogens is 542 g/mol. The molecule has 0 aliphatic carbocycles. The van der Waals surface area contributed by atoms with Crippen molar-refractivity contribution in [1.82, 2.24) is 14.9 Å². The Morgan fingerprint density at radius 2 is 1.90 bits per heavy atom. The molecule has 41 heavy (non-hydrogen) atoms. The summed E-state index contributed by atoms with van der Waals surface area (Å²) in [6, 6.07) is 0. The Labute approximate surface area is 238 Å². The smallest absolute Gasteiger partial charge is 0.330 e. The molecule has 14 heteroatoms. The topological polar surface area (TPSA) is 181 Å². The second-order valence-corrected chi connectivity index (χ2v) is 10.0. The van der Waals surface area contributed by atoms with E-state index >= 15 is 0 Å². The Hall–Kier alpha value is -3.52. The van der Waals surface area contributed by atoms with Gasteiger partial charge in [0.1, 0.15) is 12.3 Å². The number of H-pyrrole nitrogens is 1. The number of ether oxygens (including phenoxy) is 5. The lowest BCUT2D eigenvalue weighted by molar-refractivity contribution is -0.160. The highest BCUT2D eigenvalue weighted by Crippen LogP contribution is 2.30. The van der Waals surface area contributed by atoms with Gasteiger partial charge in [0, 0.05) is 38.3 Å². The van der Waals surface area contributed by atoms with Crippen LogP contribution in [0.3, 0.4) is 0 Å². The third-order valence-corrected chi connectivity index (χ3v) is 6.70. The molecule has 0 spiro atoms. The summed E-state index contributed by atoms with van der Waals surface area (Å²) in [5.74, 6) is -2.73. The maximum Gasteiger partial charge on any atom is 0.330 e. The number of hydrogen-bond acceptors (Lipinski definition) is 11. The van der Waals surface area contributed by atoms with Crippen LogP contribution in [-0.2, 0) is 42.9 Å². The first-order valence-corrected chi connectivity index (χ1v) is 13.7. The Kier molecular flexibility index (Phi) is 13.7. The highest BCUT2D eigenvalue weighted by molar-refractivity contribution is 5.81. The number of amides is 1. The highest BCUT2D eigenvalue weighted by Gasteiger charge is 2.36. The maximum atomic E-state index is 12.4. The molecule has 1 aromatic rings. The van der Waals surface area contributed by atoms with Gasteiger partial charge in [-0.2, -0.15) is 0 Å². The molecule has 1 aliphatic rings. The van der Waals surface area contributed by atoms with Crippen molar-refractivity contribution in [3.63, 3.8) is 0 Å². The van der Waals surface area contributed by atoms with E-state index in [1.807, 2.05) is 6.92 Å². The van der Waals surface area contributed by atoms with E-state index in [9.17, 15) is 28.8 Å². The van der Waals surface area contributed by atoms with Crippen molar-refractivity contribution >= 4 is 23.8 Å². The van der Waals surface area contributed by atoms with Crippen LogP contribution in [0, 0.1) is 18.8 Å². The SMILES string of the molecule is CCC(CC(C)C(=O)OCOC)C(=O)OCCCNC(=O)CCC(=O)OC1CC(n2cc(C)c(=O)[nH]c2=O)OC1C. The lowest BCUT2D eigenvalue weighted by Crippen LogP contribution is -2.33. The molecule has 2 heterocycles. The summed E-state index contributed by atoms with van der Waals surface area (Å²) >= 11 is 0. The zero-order valence-corrected chi connectivity index (χ0v) is 24.3. The van der Waals surface area contributed by atoms with Crippen LogP contribution in [0.2, 0.25) is 0 Å². The minimum Gasteiger partial charge on any atom is -0.465 e. The molecule has 5 unspecified atom stereocenters. The van der Waals surface area contributed by atoms with Gasteiger partial charge in [0.2, 0.25) is 5.91 Å². The van der Waals surface area contributed by atoms with Crippen LogP contribution in [-0.4, -0.2) is 72.6 Å². The Morgan fingerprint density at radius 1 is 1.17 bits per heavy atom. The first-order chi connectivity index (χ1) is 19.5. The summed E-state index contributed by atoms with van der Waals surface area (Å²) < 4.78 is 27.4. The molecule has 0 bridgehead atoms. The second-order valence-electron chi connectivity index (χ2n) is 10.0. The largest absolute Gasteiger partial charge is 0.465 e. The summed E-state index contributed by atoms with van der Waals surface area (Å²) in [6.45, 7) is 6.99. The van der Waals surface area contributed by atoms with Gasteiger partial charge in [-0.15, -0.1) is 0 Å². The van der Waals surface area contributed by atoms with Crippen LogP contribution in [0.4, 0.5) is 0 Å². The number of methoxy groups -OCH3 is 1. The zero-order valence-electron chi connectivity index (χ0n) is 24.3. The lowest BCUT2D eigenvalue weighted by Gasteiger charge is -2.18. The van der Waals surface area contributed by atoms with Crippen molar-refractivity contribution in [3.8, 4) is 0 Å². The molecule has 2 N–H and O–H groups in total. The normalized spacial score (nSPS) is 19.7. The second kappa shape index (κ2) is 16.7. The van der Waals surface area contributed by atoms with Crippen molar-refractivity contribution in [2.45, 2.75) is 84.7 Å². The molecule has 1 saturated heterocycles. The first-order valence-electron chi connectivity index (χ1n) is 13.7. The van der Waals surface area contributed by atoms with Crippen molar-refractivity contribution < 1.29 is 42.9 Å². The van der Waals surface area contributed by atoms with Crippen LogP contribution in [0.25, 0.3) is 0 Å². The van der Waals surface area contributed by atoms with Gasteiger partial charge >= 0.3 is 23.6 Å². The van der Waals surface area contributed by atoms with E-state index in [4.69, 9.17) is 23.7 Å². The molecule has 5 atom stereocenters. The number of hydrogen-bond donors (Lipinski definition) is 2. The fraction of sp³-hybridized carbons (Fsp3) is 0.704. The number of aromatic amines is 1. The summed E-state index contributed by atoms with van der Waals surface area (Å²) in [5, 5.41) is 2.67. The minimum atomic E-state index is -0.698. The number of esters is 3. The average molecular weight is 584 g/mol. The molecule has 14 nitrogen and oxygen atoms in total. The molecule has 0 saturated carbocycles. The third kappa shape index (κ3) is 10.8.